The molecule has 0 radical (unpaired) electrons. The number of hydrogen-bond acceptors (Lipinski definition) is 3. The molecular weight excluding hydrogens is 352 g/mol. The van der Waals surface area contributed by atoms with Crippen LogP contribution in [-0.2, 0) is 6.54 Å². The molecule has 1 aliphatic carbocycles. The Balaban J connectivity index is 1.97. The smallest absolute Gasteiger partial charge is 0.106 e. The highest BCUT2D eigenvalue weighted by Gasteiger charge is 2.31. The van der Waals surface area contributed by atoms with Crippen LogP contribution in [0.25, 0.3) is 0 Å². The van der Waals surface area contributed by atoms with Crippen molar-refractivity contribution in [2.75, 3.05) is 4.90 Å². The number of thiophene rings is 1. The molecule has 0 bridgehead atoms. The first kappa shape index (κ1) is 14.0. The largest absolute Gasteiger partial charge is 0.389 e. The second kappa shape index (κ2) is 5.84. The lowest BCUT2D eigenvalue weighted by Gasteiger charge is -2.26. The van der Waals surface area contributed by atoms with Gasteiger partial charge in [-0.15, -0.1) is 11.3 Å². The topological polar surface area (TPSA) is 29.3 Å². The van der Waals surface area contributed by atoms with E-state index < -0.39 is 0 Å². The van der Waals surface area contributed by atoms with Gasteiger partial charge >= 0.3 is 0 Å². The monoisotopic (exact) mass is 366 g/mol. The third kappa shape index (κ3) is 3.05. The fourth-order valence-electron chi connectivity index (χ4n) is 2.32. The van der Waals surface area contributed by atoms with Crippen molar-refractivity contribution in [2.45, 2.75) is 25.4 Å². The molecular formula is C15H15BrN2S2. The van der Waals surface area contributed by atoms with Crippen LogP contribution in [-0.4, -0.2) is 11.0 Å². The van der Waals surface area contributed by atoms with Gasteiger partial charge in [0.15, 0.2) is 0 Å². The lowest BCUT2D eigenvalue weighted by Crippen LogP contribution is -2.27. The minimum absolute atomic E-state index is 0.457. The van der Waals surface area contributed by atoms with Gasteiger partial charge in [-0.2, -0.15) is 0 Å². The lowest BCUT2D eigenvalue weighted by molar-refractivity contribution is 0.802. The van der Waals surface area contributed by atoms with Crippen LogP contribution in [0.1, 0.15) is 23.3 Å². The van der Waals surface area contributed by atoms with Gasteiger partial charge in [0, 0.05) is 26.6 Å². The molecule has 2 N–H and O–H groups in total. The second-order valence-corrected chi connectivity index (χ2v) is 7.35. The fraction of sp³-hybridized carbons (Fsp3) is 0.267. The molecule has 0 unspecified atom stereocenters. The summed E-state index contributed by atoms with van der Waals surface area (Å²) in [5.74, 6) is 0. The number of rotatable bonds is 5. The van der Waals surface area contributed by atoms with E-state index in [9.17, 15) is 0 Å². The highest BCUT2D eigenvalue weighted by atomic mass is 79.9. The summed E-state index contributed by atoms with van der Waals surface area (Å²) >= 11 is 10.5. The van der Waals surface area contributed by atoms with Gasteiger partial charge in [0.05, 0.1) is 6.54 Å². The highest BCUT2D eigenvalue weighted by Crippen LogP contribution is 2.36. The van der Waals surface area contributed by atoms with Gasteiger partial charge in [-0.3, -0.25) is 0 Å². The van der Waals surface area contributed by atoms with Crippen molar-refractivity contribution in [3.8, 4) is 0 Å². The Labute approximate surface area is 136 Å². The average Bonchev–Trinajstić information content (AvgIpc) is 3.13. The summed E-state index contributed by atoms with van der Waals surface area (Å²) in [5.41, 5.74) is 8.01. The van der Waals surface area contributed by atoms with Crippen molar-refractivity contribution in [1.82, 2.24) is 0 Å². The number of nitrogens with zero attached hydrogens (tertiary/aromatic N) is 1. The van der Waals surface area contributed by atoms with Crippen LogP contribution in [0.3, 0.4) is 0 Å². The van der Waals surface area contributed by atoms with Gasteiger partial charge in [0.2, 0.25) is 0 Å². The number of anilines is 1. The summed E-state index contributed by atoms with van der Waals surface area (Å²) in [7, 11) is 0. The first-order valence-corrected chi connectivity index (χ1v) is 8.61. The molecule has 20 heavy (non-hydrogen) atoms. The molecule has 5 heteroatoms. The summed E-state index contributed by atoms with van der Waals surface area (Å²) in [5, 5.41) is 2.12. The Hall–Kier alpha value is -0.910. The van der Waals surface area contributed by atoms with Crippen molar-refractivity contribution >= 4 is 50.2 Å². The normalized spacial score (nSPS) is 14.2. The van der Waals surface area contributed by atoms with Crippen molar-refractivity contribution in [2.24, 2.45) is 5.73 Å². The predicted octanol–water partition coefficient (Wildman–Crippen LogP) is 4.31. The molecule has 3 rings (SSSR count). The zero-order valence-corrected chi connectivity index (χ0v) is 14.1. The zero-order chi connectivity index (χ0) is 14.1. The van der Waals surface area contributed by atoms with Gasteiger partial charge in [-0.25, -0.2) is 0 Å². The van der Waals surface area contributed by atoms with Crippen molar-refractivity contribution in [3.05, 3.63) is 50.6 Å². The van der Waals surface area contributed by atoms with Crippen LogP contribution < -0.4 is 10.6 Å². The van der Waals surface area contributed by atoms with Crippen molar-refractivity contribution in [1.29, 1.82) is 0 Å². The van der Waals surface area contributed by atoms with Crippen molar-refractivity contribution in [3.63, 3.8) is 0 Å². The van der Waals surface area contributed by atoms with Crippen LogP contribution in [0, 0.1) is 0 Å². The first-order valence-electron chi connectivity index (χ1n) is 6.53. The number of halogens is 1. The third-order valence-electron chi connectivity index (χ3n) is 3.43. The fourth-order valence-corrected chi connectivity index (χ4v) is 3.55. The second-order valence-electron chi connectivity index (χ2n) is 4.96. The van der Waals surface area contributed by atoms with E-state index >= 15 is 0 Å². The number of nitrogens with two attached hydrogens (primary N) is 1. The molecule has 0 aliphatic heterocycles. The quantitative estimate of drug-likeness (QED) is 0.799. The first-order chi connectivity index (χ1) is 9.65. The standard InChI is InChI=1S/C15H15BrN2S2/c16-10-3-6-14(13(8-10)15(17)19)18(11-4-5-11)9-12-2-1-7-20-12/h1-3,6-8,11H,4-5,9H2,(H2,17,19). The maximum atomic E-state index is 5.90. The van der Waals surface area contributed by atoms with E-state index in [4.69, 9.17) is 18.0 Å². The van der Waals surface area contributed by atoms with Gasteiger partial charge in [0.25, 0.3) is 0 Å². The van der Waals surface area contributed by atoms with Crippen LogP contribution >= 0.6 is 39.5 Å². The Kier molecular flexibility index (Phi) is 4.10. The lowest BCUT2D eigenvalue weighted by atomic mass is 10.1. The van der Waals surface area contributed by atoms with Crippen LogP contribution in [0.5, 0.6) is 0 Å². The van der Waals surface area contributed by atoms with E-state index in [1.165, 1.54) is 17.7 Å². The third-order valence-corrected chi connectivity index (χ3v) is 5.00. The molecule has 1 saturated carbocycles. The van der Waals surface area contributed by atoms with E-state index in [-0.39, 0.29) is 0 Å². The Morgan fingerprint density at radius 2 is 2.20 bits per heavy atom. The van der Waals surface area contributed by atoms with Gasteiger partial charge in [-0.1, -0.05) is 34.2 Å². The average molecular weight is 367 g/mol. The molecule has 1 aromatic heterocycles. The summed E-state index contributed by atoms with van der Waals surface area (Å²) in [6, 6.07) is 11.1. The molecule has 0 amide bonds. The SMILES string of the molecule is NC(=S)c1cc(Br)ccc1N(Cc1cccs1)C1CC1. The predicted molar refractivity (Wildman–Crippen MR) is 93.6 cm³/mol. The van der Waals surface area contributed by atoms with Crippen molar-refractivity contribution < 1.29 is 0 Å². The van der Waals surface area contributed by atoms with Gasteiger partial charge < -0.3 is 10.6 Å². The minimum atomic E-state index is 0.457. The van der Waals surface area contributed by atoms with E-state index in [1.54, 1.807) is 11.3 Å². The van der Waals surface area contributed by atoms with Gasteiger partial charge in [0.1, 0.15) is 4.99 Å². The molecule has 0 spiro atoms. The molecule has 1 heterocycles. The van der Waals surface area contributed by atoms with E-state index in [1.807, 2.05) is 6.07 Å². The summed E-state index contributed by atoms with van der Waals surface area (Å²) in [4.78, 5) is 4.26. The Morgan fingerprint density at radius 1 is 1.40 bits per heavy atom. The maximum absolute atomic E-state index is 5.90. The van der Waals surface area contributed by atoms with E-state index in [0.29, 0.717) is 11.0 Å². The molecule has 104 valence electrons. The maximum Gasteiger partial charge on any atom is 0.106 e. The summed E-state index contributed by atoms with van der Waals surface area (Å²) in [6.07, 6.45) is 2.50. The van der Waals surface area contributed by atoms with E-state index in [2.05, 4.69) is 50.5 Å². The number of thiocarbonyl (C=S) groups is 1. The summed E-state index contributed by atoms with van der Waals surface area (Å²) in [6.45, 7) is 0.930. The van der Waals surface area contributed by atoms with Gasteiger partial charge in [-0.05, 0) is 42.5 Å². The Bertz CT molecular complexity index is 621. The van der Waals surface area contributed by atoms with Crippen LogP contribution in [0.4, 0.5) is 5.69 Å². The summed E-state index contributed by atoms with van der Waals surface area (Å²) < 4.78 is 1.01. The molecule has 0 atom stereocenters. The van der Waals surface area contributed by atoms with Crippen LogP contribution in [0.15, 0.2) is 40.2 Å². The van der Waals surface area contributed by atoms with Crippen LogP contribution in [0.2, 0.25) is 0 Å². The highest BCUT2D eigenvalue weighted by molar-refractivity contribution is 9.10. The van der Waals surface area contributed by atoms with E-state index in [0.717, 1.165) is 22.3 Å². The molecule has 1 aromatic carbocycles. The molecule has 0 saturated heterocycles. The number of benzene rings is 1. The zero-order valence-electron chi connectivity index (χ0n) is 10.9. The molecule has 1 aliphatic rings. The minimum Gasteiger partial charge on any atom is -0.389 e. The molecule has 1 fully saturated rings. The Morgan fingerprint density at radius 3 is 2.80 bits per heavy atom. The number of hydrogen-bond donors (Lipinski definition) is 1. The molecule has 2 nitrogen and oxygen atoms in total. The molecule has 2 aromatic rings.